The molecule has 4 rings (SSSR count). The van der Waals surface area contributed by atoms with Gasteiger partial charge in [-0.25, -0.2) is 13.4 Å². The van der Waals surface area contributed by atoms with Crippen LogP contribution in [0, 0.1) is 0 Å². The summed E-state index contributed by atoms with van der Waals surface area (Å²) in [6.45, 7) is 3.49. The summed E-state index contributed by atoms with van der Waals surface area (Å²) >= 11 is 1.29. The molecule has 0 spiro atoms. The molecule has 31 heavy (non-hydrogen) atoms. The minimum Gasteiger partial charge on any atom is -0.454 e. The van der Waals surface area contributed by atoms with Crippen molar-refractivity contribution in [2.24, 2.45) is 0 Å². The molecule has 0 bridgehead atoms. The summed E-state index contributed by atoms with van der Waals surface area (Å²) in [5, 5.41) is 3.12. The molecule has 166 valence electrons. The van der Waals surface area contributed by atoms with Crippen molar-refractivity contribution in [2.75, 3.05) is 19.9 Å². The first-order valence-electron chi connectivity index (χ1n) is 10.2. The minimum atomic E-state index is -3.50. The predicted molar refractivity (Wildman–Crippen MR) is 117 cm³/mol. The van der Waals surface area contributed by atoms with Crippen molar-refractivity contribution < 1.29 is 22.7 Å². The fourth-order valence-electron chi connectivity index (χ4n) is 3.46. The van der Waals surface area contributed by atoms with Gasteiger partial charge in [-0.15, -0.1) is 0 Å². The van der Waals surface area contributed by atoms with Gasteiger partial charge < -0.3 is 14.8 Å². The summed E-state index contributed by atoms with van der Waals surface area (Å²) in [6.07, 6.45) is 4.22. The number of hydrogen-bond acceptors (Lipinski definition) is 7. The number of ether oxygens (including phenoxy) is 2. The number of rotatable bonds is 7. The molecular formula is C21H25N3O5S2. The van der Waals surface area contributed by atoms with Gasteiger partial charge in [0, 0.05) is 25.8 Å². The summed E-state index contributed by atoms with van der Waals surface area (Å²) < 4.78 is 37.6. The molecule has 1 N–H and O–H groups in total. The second-order valence-corrected chi connectivity index (χ2v) is 10.8. The molecule has 1 atom stereocenters. The van der Waals surface area contributed by atoms with Gasteiger partial charge in [-0.05, 0) is 49.6 Å². The first-order chi connectivity index (χ1) is 14.9. The zero-order valence-corrected chi connectivity index (χ0v) is 18.9. The van der Waals surface area contributed by atoms with Crippen molar-refractivity contribution in [3.8, 4) is 11.5 Å². The zero-order valence-electron chi connectivity index (χ0n) is 17.2. The molecule has 0 unspecified atom stereocenters. The number of pyridine rings is 1. The average molecular weight is 464 g/mol. The molecule has 8 nitrogen and oxygen atoms in total. The average Bonchev–Trinajstić information content (AvgIpc) is 3.26. The number of amides is 1. The smallest absolute Gasteiger partial charge is 0.244 e. The number of carbonyl (C=O) groups is 1. The maximum absolute atomic E-state index is 12.7. The predicted octanol–water partition coefficient (Wildman–Crippen LogP) is 2.78. The van der Waals surface area contributed by atoms with E-state index in [9.17, 15) is 13.2 Å². The Hall–Kier alpha value is -2.30. The first kappa shape index (κ1) is 21.9. The van der Waals surface area contributed by atoms with E-state index in [2.05, 4.69) is 10.3 Å². The molecule has 3 heterocycles. The molecular weight excluding hydrogens is 438 g/mol. The fraction of sp³-hybridized carbons (Fsp3) is 0.429. The number of sulfonamides is 1. The molecule has 1 fully saturated rings. The van der Waals surface area contributed by atoms with Gasteiger partial charge >= 0.3 is 0 Å². The third kappa shape index (κ3) is 5.13. The molecule has 10 heteroatoms. The molecule has 2 aromatic rings. The van der Waals surface area contributed by atoms with Crippen LogP contribution in [0.15, 0.2) is 46.5 Å². The number of thioether (sulfide) groups is 1. The van der Waals surface area contributed by atoms with E-state index in [4.69, 9.17) is 9.47 Å². The summed E-state index contributed by atoms with van der Waals surface area (Å²) in [4.78, 5) is 16.9. The van der Waals surface area contributed by atoms with Crippen LogP contribution in [-0.4, -0.2) is 48.7 Å². The van der Waals surface area contributed by atoms with Crippen LogP contribution < -0.4 is 14.8 Å². The van der Waals surface area contributed by atoms with Crippen LogP contribution in [-0.2, 0) is 21.4 Å². The molecule has 1 saturated heterocycles. The van der Waals surface area contributed by atoms with Gasteiger partial charge in [-0.3, -0.25) is 4.79 Å². The second kappa shape index (κ2) is 9.46. The molecule has 0 saturated carbocycles. The minimum absolute atomic E-state index is 0.130. The van der Waals surface area contributed by atoms with Gasteiger partial charge in [0.05, 0.1) is 10.3 Å². The molecule has 1 aromatic carbocycles. The van der Waals surface area contributed by atoms with Crippen LogP contribution in [0.1, 0.15) is 31.7 Å². The number of nitrogens with one attached hydrogen (secondary N) is 1. The fourth-order valence-corrected chi connectivity index (χ4v) is 5.74. The Bertz CT molecular complexity index is 1040. The lowest BCUT2D eigenvalue weighted by molar-refractivity contribution is -0.120. The topological polar surface area (TPSA) is 97.8 Å². The number of benzene rings is 1. The zero-order chi connectivity index (χ0) is 21.8. The van der Waals surface area contributed by atoms with Crippen molar-refractivity contribution in [1.29, 1.82) is 0 Å². The maximum atomic E-state index is 12.7. The molecule has 1 aromatic heterocycles. The Labute approximate surface area is 186 Å². The Kier molecular flexibility index (Phi) is 6.68. The van der Waals surface area contributed by atoms with Gasteiger partial charge in [0.1, 0.15) is 4.90 Å². The van der Waals surface area contributed by atoms with Crippen molar-refractivity contribution in [3.05, 3.63) is 42.1 Å². The summed E-state index contributed by atoms with van der Waals surface area (Å²) in [5.74, 6) is 1.25. The number of aromatic nitrogens is 1. The van der Waals surface area contributed by atoms with Gasteiger partial charge in [0.2, 0.25) is 22.7 Å². The Morgan fingerprint density at radius 1 is 1.16 bits per heavy atom. The monoisotopic (exact) mass is 463 g/mol. The molecule has 2 aliphatic rings. The SMILES string of the molecule is C[C@H](Sc1ccc(S(=O)(=O)N2CCCCC2)cn1)C(=O)NCc1ccc2c(c1)OCO2. The molecule has 2 aliphatic heterocycles. The highest BCUT2D eigenvalue weighted by Crippen LogP contribution is 2.32. The first-order valence-corrected chi connectivity index (χ1v) is 12.5. The van der Waals surface area contributed by atoms with Gasteiger partial charge in [0.25, 0.3) is 0 Å². The maximum Gasteiger partial charge on any atom is 0.244 e. The normalized spacial score (nSPS) is 17.3. The lowest BCUT2D eigenvalue weighted by atomic mass is 10.2. The second-order valence-electron chi connectivity index (χ2n) is 7.46. The summed E-state index contributed by atoms with van der Waals surface area (Å²) in [7, 11) is -3.50. The standard InChI is InChI=1S/C21H25N3O5S2/c1-15(21(25)23-12-16-5-7-18-19(11-16)29-14-28-18)30-20-8-6-17(13-22-20)31(26,27)24-9-3-2-4-10-24/h5-8,11,13,15H,2-4,9-10,12,14H2,1H3,(H,23,25)/t15-/m0/s1. The van der Waals surface area contributed by atoms with Crippen LogP contribution in [0.4, 0.5) is 0 Å². The largest absolute Gasteiger partial charge is 0.454 e. The van der Waals surface area contributed by atoms with E-state index in [1.54, 1.807) is 19.1 Å². The van der Waals surface area contributed by atoms with E-state index in [0.29, 0.717) is 36.2 Å². The molecule has 0 radical (unpaired) electrons. The number of carbonyl (C=O) groups excluding carboxylic acids is 1. The third-order valence-corrected chi connectivity index (χ3v) is 8.17. The Balaban J connectivity index is 1.31. The van der Waals surface area contributed by atoms with E-state index >= 15 is 0 Å². The highest BCUT2D eigenvalue weighted by molar-refractivity contribution is 8.00. The Morgan fingerprint density at radius 2 is 1.94 bits per heavy atom. The van der Waals surface area contributed by atoms with Crippen molar-refractivity contribution in [2.45, 2.75) is 47.9 Å². The van der Waals surface area contributed by atoms with Gasteiger partial charge in [-0.2, -0.15) is 4.31 Å². The Morgan fingerprint density at radius 3 is 2.68 bits per heavy atom. The quantitative estimate of drug-likeness (QED) is 0.631. The van der Waals surface area contributed by atoms with E-state index < -0.39 is 10.0 Å². The number of piperidine rings is 1. The van der Waals surface area contributed by atoms with E-state index in [1.807, 2.05) is 18.2 Å². The van der Waals surface area contributed by atoms with Crippen molar-refractivity contribution in [1.82, 2.24) is 14.6 Å². The highest BCUT2D eigenvalue weighted by Gasteiger charge is 2.26. The van der Waals surface area contributed by atoms with Crippen LogP contribution in [0.5, 0.6) is 11.5 Å². The lowest BCUT2D eigenvalue weighted by Crippen LogP contribution is -2.35. The number of nitrogens with zero attached hydrogens (tertiary/aromatic N) is 2. The summed E-state index contributed by atoms with van der Waals surface area (Å²) in [6, 6.07) is 8.78. The van der Waals surface area contributed by atoms with E-state index in [0.717, 1.165) is 24.8 Å². The van der Waals surface area contributed by atoms with E-state index in [1.165, 1.54) is 22.3 Å². The van der Waals surface area contributed by atoms with Crippen LogP contribution in [0.25, 0.3) is 0 Å². The highest BCUT2D eigenvalue weighted by atomic mass is 32.2. The van der Waals surface area contributed by atoms with Crippen molar-refractivity contribution in [3.63, 3.8) is 0 Å². The lowest BCUT2D eigenvalue weighted by Gasteiger charge is -2.25. The van der Waals surface area contributed by atoms with Crippen LogP contribution >= 0.6 is 11.8 Å². The van der Waals surface area contributed by atoms with Gasteiger partial charge in [0.15, 0.2) is 11.5 Å². The molecule has 0 aliphatic carbocycles. The number of fused-ring (bicyclic) bond motifs is 1. The van der Waals surface area contributed by atoms with E-state index in [-0.39, 0.29) is 22.8 Å². The third-order valence-electron chi connectivity index (χ3n) is 5.23. The van der Waals surface area contributed by atoms with Crippen molar-refractivity contribution >= 4 is 27.7 Å². The summed E-state index contributed by atoms with van der Waals surface area (Å²) in [5.41, 5.74) is 0.917. The molecule has 1 amide bonds. The number of hydrogen-bond donors (Lipinski definition) is 1. The van der Waals surface area contributed by atoms with Crippen LogP contribution in [0.3, 0.4) is 0 Å². The van der Waals surface area contributed by atoms with Crippen LogP contribution in [0.2, 0.25) is 0 Å². The van der Waals surface area contributed by atoms with Gasteiger partial charge in [-0.1, -0.05) is 24.2 Å².